The summed E-state index contributed by atoms with van der Waals surface area (Å²) >= 11 is 0. The number of aryl methyl sites for hydroxylation is 1. The second-order valence-corrected chi connectivity index (χ2v) is 6.38. The van der Waals surface area contributed by atoms with Crippen LogP contribution in [0.1, 0.15) is 12.0 Å². The first-order chi connectivity index (χ1) is 8.97. The lowest BCUT2D eigenvalue weighted by Crippen LogP contribution is -2.14. The molecule has 0 spiro atoms. The van der Waals surface area contributed by atoms with Gasteiger partial charge >= 0.3 is 0 Å². The highest BCUT2D eigenvalue weighted by atomic mass is 32.2. The summed E-state index contributed by atoms with van der Waals surface area (Å²) in [6.07, 6.45) is 0.758. The molecule has 19 heavy (non-hydrogen) atoms. The normalized spacial score (nSPS) is 11.7. The molecular weight excluding hydrogens is 266 g/mol. The van der Waals surface area contributed by atoms with Gasteiger partial charge in [0.15, 0.2) is 9.84 Å². The number of methoxy groups -OCH3 is 1. The van der Waals surface area contributed by atoms with E-state index in [2.05, 4.69) is 0 Å². The summed E-state index contributed by atoms with van der Waals surface area (Å²) in [5.41, 5.74) is 6.78. The van der Waals surface area contributed by atoms with Crippen molar-refractivity contribution in [3.05, 3.63) is 23.8 Å². The van der Waals surface area contributed by atoms with Crippen molar-refractivity contribution in [2.45, 2.75) is 18.2 Å². The van der Waals surface area contributed by atoms with Crippen molar-refractivity contribution >= 4 is 15.5 Å². The molecule has 0 heterocycles. The molecule has 0 saturated carbocycles. The quantitative estimate of drug-likeness (QED) is 0.577. The minimum absolute atomic E-state index is 0.0374. The molecular formula is C13H21NO4S. The molecule has 0 atom stereocenters. The van der Waals surface area contributed by atoms with Crippen LogP contribution in [0.25, 0.3) is 0 Å². The number of benzene rings is 1. The summed E-state index contributed by atoms with van der Waals surface area (Å²) in [5, 5.41) is 0. The van der Waals surface area contributed by atoms with E-state index in [9.17, 15) is 8.42 Å². The molecule has 1 aromatic carbocycles. The first-order valence-electron chi connectivity index (χ1n) is 6.13. The maximum Gasteiger partial charge on any atom is 0.180 e. The van der Waals surface area contributed by atoms with Gasteiger partial charge in [-0.15, -0.1) is 0 Å². The van der Waals surface area contributed by atoms with Crippen molar-refractivity contribution in [1.29, 1.82) is 0 Å². The molecule has 0 aliphatic carbocycles. The fourth-order valence-corrected chi connectivity index (χ4v) is 3.07. The molecule has 0 bridgehead atoms. The fraction of sp³-hybridized carbons (Fsp3) is 0.538. The van der Waals surface area contributed by atoms with Crippen molar-refractivity contribution in [1.82, 2.24) is 0 Å². The van der Waals surface area contributed by atoms with Gasteiger partial charge in [0.2, 0.25) is 0 Å². The second kappa shape index (κ2) is 7.47. The lowest BCUT2D eigenvalue weighted by Gasteiger charge is -2.09. The monoisotopic (exact) mass is 287 g/mol. The summed E-state index contributed by atoms with van der Waals surface area (Å²) in [6, 6.07) is 4.90. The molecule has 2 N–H and O–H groups in total. The molecule has 1 aromatic rings. The van der Waals surface area contributed by atoms with Crippen LogP contribution < -0.4 is 5.73 Å². The Morgan fingerprint density at radius 2 is 1.95 bits per heavy atom. The standard InChI is InChI=1S/C13H21NO4S/c1-11-4-5-12(14)10-13(11)19(15,16)9-8-18-7-3-6-17-2/h4-5,10H,3,6-9,14H2,1-2H3. The van der Waals surface area contributed by atoms with E-state index in [1.807, 2.05) is 0 Å². The average Bonchev–Trinajstić information content (AvgIpc) is 2.36. The Bertz CT molecular complexity index is 499. The van der Waals surface area contributed by atoms with Gasteiger partial charge in [0, 0.05) is 26.0 Å². The maximum absolute atomic E-state index is 12.1. The van der Waals surface area contributed by atoms with E-state index in [4.69, 9.17) is 15.2 Å². The SMILES string of the molecule is COCCCOCCS(=O)(=O)c1cc(N)ccc1C. The van der Waals surface area contributed by atoms with Crippen LogP contribution in [0.4, 0.5) is 5.69 Å². The van der Waals surface area contributed by atoms with E-state index in [1.165, 1.54) is 6.07 Å². The maximum atomic E-state index is 12.1. The van der Waals surface area contributed by atoms with Gasteiger partial charge in [-0.2, -0.15) is 0 Å². The molecule has 0 aliphatic rings. The van der Waals surface area contributed by atoms with Crippen LogP contribution in [0.5, 0.6) is 0 Å². The Morgan fingerprint density at radius 3 is 2.63 bits per heavy atom. The molecule has 108 valence electrons. The molecule has 0 fully saturated rings. The molecule has 0 amide bonds. The van der Waals surface area contributed by atoms with Gasteiger partial charge in [0.25, 0.3) is 0 Å². The highest BCUT2D eigenvalue weighted by Crippen LogP contribution is 2.19. The zero-order valence-corrected chi connectivity index (χ0v) is 12.2. The molecule has 0 unspecified atom stereocenters. The lowest BCUT2D eigenvalue weighted by molar-refractivity contribution is 0.112. The largest absolute Gasteiger partial charge is 0.399 e. The lowest BCUT2D eigenvalue weighted by atomic mass is 10.2. The van der Waals surface area contributed by atoms with E-state index in [0.717, 1.165) is 6.42 Å². The van der Waals surface area contributed by atoms with Crippen molar-refractivity contribution in [2.75, 3.05) is 38.4 Å². The van der Waals surface area contributed by atoms with E-state index < -0.39 is 9.84 Å². The van der Waals surface area contributed by atoms with E-state index in [-0.39, 0.29) is 17.3 Å². The average molecular weight is 287 g/mol. The molecule has 0 aromatic heterocycles. The van der Waals surface area contributed by atoms with Crippen LogP contribution in [0, 0.1) is 6.92 Å². The predicted molar refractivity (Wildman–Crippen MR) is 75.0 cm³/mol. The van der Waals surface area contributed by atoms with Gasteiger partial charge < -0.3 is 15.2 Å². The van der Waals surface area contributed by atoms with Gasteiger partial charge in [-0.1, -0.05) is 6.07 Å². The van der Waals surface area contributed by atoms with Crippen LogP contribution in [-0.4, -0.2) is 41.1 Å². The Kier molecular flexibility index (Phi) is 6.27. The third-order valence-corrected chi connectivity index (χ3v) is 4.49. The van der Waals surface area contributed by atoms with E-state index in [1.54, 1.807) is 26.2 Å². The molecule has 0 saturated heterocycles. The van der Waals surface area contributed by atoms with Crippen LogP contribution in [0.3, 0.4) is 0 Å². The topological polar surface area (TPSA) is 78.6 Å². The number of hydrogen-bond acceptors (Lipinski definition) is 5. The minimum Gasteiger partial charge on any atom is -0.399 e. The zero-order chi connectivity index (χ0) is 14.3. The molecule has 1 rings (SSSR count). The summed E-state index contributed by atoms with van der Waals surface area (Å²) in [5.74, 6) is -0.0374. The molecule has 6 heteroatoms. The molecule has 0 radical (unpaired) electrons. The van der Waals surface area contributed by atoms with Gasteiger partial charge in [-0.05, 0) is 31.0 Å². The van der Waals surface area contributed by atoms with E-state index >= 15 is 0 Å². The number of nitrogens with two attached hydrogens (primary N) is 1. The van der Waals surface area contributed by atoms with Crippen LogP contribution >= 0.6 is 0 Å². The zero-order valence-electron chi connectivity index (χ0n) is 11.4. The Hall–Kier alpha value is -1.11. The Balaban J connectivity index is 2.54. The number of rotatable bonds is 8. The smallest absolute Gasteiger partial charge is 0.180 e. The van der Waals surface area contributed by atoms with E-state index in [0.29, 0.717) is 24.5 Å². The minimum atomic E-state index is -3.34. The fourth-order valence-electron chi connectivity index (χ4n) is 1.64. The second-order valence-electron chi connectivity index (χ2n) is 4.30. The summed E-state index contributed by atoms with van der Waals surface area (Å²) in [6.45, 7) is 3.05. The first kappa shape index (κ1) is 15.9. The van der Waals surface area contributed by atoms with Crippen molar-refractivity contribution < 1.29 is 17.9 Å². The molecule has 5 nitrogen and oxygen atoms in total. The van der Waals surface area contributed by atoms with Crippen molar-refractivity contribution in [3.63, 3.8) is 0 Å². The highest BCUT2D eigenvalue weighted by Gasteiger charge is 2.17. The number of ether oxygens (including phenoxy) is 2. The highest BCUT2D eigenvalue weighted by molar-refractivity contribution is 7.91. The van der Waals surface area contributed by atoms with Crippen LogP contribution in [0.15, 0.2) is 23.1 Å². The van der Waals surface area contributed by atoms with Crippen LogP contribution in [-0.2, 0) is 19.3 Å². The molecule has 0 aliphatic heterocycles. The Morgan fingerprint density at radius 1 is 1.21 bits per heavy atom. The van der Waals surface area contributed by atoms with Gasteiger partial charge in [0.05, 0.1) is 17.3 Å². The van der Waals surface area contributed by atoms with Gasteiger partial charge in [0.1, 0.15) is 0 Å². The third-order valence-electron chi connectivity index (χ3n) is 2.68. The van der Waals surface area contributed by atoms with Crippen molar-refractivity contribution in [3.8, 4) is 0 Å². The van der Waals surface area contributed by atoms with Gasteiger partial charge in [-0.3, -0.25) is 0 Å². The predicted octanol–water partition coefficient (Wildman–Crippen LogP) is 1.40. The van der Waals surface area contributed by atoms with Crippen molar-refractivity contribution in [2.24, 2.45) is 0 Å². The van der Waals surface area contributed by atoms with Crippen LogP contribution in [0.2, 0.25) is 0 Å². The summed E-state index contributed by atoms with van der Waals surface area (Å²) < 4.78 is 34.4. The van der Waals surface area contributed by atoms with Gasteiger partial charge in [-0.25, -0.2) is 8.42 Å². The first-order valence-corrected chi connectivity index (χ1v) is 7.78. The number of anilines is 1. The Labute approximate surface area is 114 Å². The number of sulfone groups is 1. The number of nitrogen functional groups attached to an aromatic ring is 1. The third kappa shape index (κ3) is 5.18. The number of hydrogen-bond donors (Lipinski definition) is 1. The summed E-state index contributed by atoms with van der Waals surface area (Å²) in [4.78, 5) is 0.285. The summed E-state index contributed by atoms with van der Waals surface area (Å²) in [7, 11) is -1.72.